The van der Waals surface area contributed by atoms with Crippen molar-refractivity contribution in [3.63, 3.8) is 0 Å². The van der Waals surface area contributed by atoms with Gasteiger partial charge in [0.15, 0.2) is 0 Å². The molecule has 0 atom stereocenters. The van der Waals surface area contributed by atoms with Gasteiger partial charge in [0.25, 0.3) is 11.8 Å². The number of primary amides is 1. The van der Waals surface area contributed by atoms with Gasteiger partial charge in [0.1, 0.15) is 17.1 Å². The minimum atomic E-state index is -4.47. The molecule has 37 heavy (non-hydrogen) atoms. The van der Waals surface area contributed by atoms with Crippen molar-refractivity contribution in [2.45, 2.75) is 19.0 Å². The number of carbonyl (C=O) groups excluding carboxylic acids is 2. The van der Waals surface area contributed by atoms with E-state index in [9.17, 15) is 27.2 Å². The quantitative estimate of drug-likeness (QED) is 0.345. The number of nitrogens with one attached hydrogen (secondary N) is 1. The number of furan rings is 1. The van der Waals surface area contributed by atoms with Crippen LogP contribution in [-0.4, -0.2) is 42.1 Å². The Hall–Kier alpha value is -4.48. The van der Waals surface area contributed by atoms with E-state index < -0.39 is 36.6 Å². The number of ether oxygens (including phenoxy) is 1. The highest BCUT2D eigenvalue weighted by molar-refractivity contribution is 6.11. The van der Waals surface area contributed by atoms with Crippen LogP contribution in [0.2, 0.25) is 0 Å². The number of alkyl halides is 3. The molecule has 0 bridgehead atoms. The van der Waals surface area contributed by atoms with E-state index in [1.165, 1.54) is 56.8 Å². The highest BCUT2D eigenvalue weighted by Crippen LogP contribution is 2.38. The summed E-state index contributed by atoms with van der Waals surface area (Å²) in [5.74, 6) is -1.92. The zero-order chi connectivity index (χ0) is 26.9. The van der Waals surface area contributed by atoms with Crippen LogP contribution in [0.1, 0.15) is 32.8 Å². The number of nitrogens with zero attached hydrogens (tertiary/aromatic N) is 2. The van der Waals surface area contributed by atoms with E-state index >= 15 is 0 Å². The van der Waals surface area contributed by atoms with Crippen LogP contribution in [0.3, 0.4) is 0 Å². The summed E-state index contributed by atoms with van der Waals surface area (Å²) in [7, 11) is 2.68. The summed E-state index contributed by atoms with van der Waals surface area (Å²) in [6.07, 6.45) is -4.88. The molecule has 4 aromatic rings. The second kappa shape index (κ2) is 9.88. The summed E-state index contributed by atoms with van der Waals surface area (Å²) in [6, 6.07) is 7.93. The molecule has 0 saturated carbocycles. The molecular formula is C25H20F4N4O4. The summed E-state index contributed by atoms with van der Waals surface area (Å²) < 4.78 is 63.7. The van der Waals surface area contributed by atoms with Crippen molar-refractivity contribution in [1.82, 2.24) is 15.3 Å². The largest absolute Gasteiger partial charge is 0.480 e. The SMILES string of the molecule is CNC(=O)c1c(-c2ccc(F)cc2)oc2nc(CCC(F)(F)F)c(-c3cnc(OC)c(C(N)=O)c3)cc12. The van der Waals surface area contributed by atoms with Crippen molar-refractivity contribution in [3.8, 4) is 28.3 Å². The lowest BCUT2D eigenvalue weighted by atomic mass is 9.98. The number of amides is 2. The maximum absolute atomic E-state index is 13.5. The number of hydrogen-bond acceptors (Lipinski definition) is 6. The standard InChI is InChI=1S/C25H20F4N4O4/c1-31-22(35)19-16-10-15(13-9-17(21(30)34)23(36-2)32-11-13)18(7-8-25(27,28)29)33-24(16)37-20(19)12-3-5-14(26)6-4-12/h3-6,9-11H,7-8H2,1-2H3,(H2,30,34)(H,31,35). The average Bonchev–Trinajstić information content (AvgIpc) is 3.24. The smallest absolute Gasteiger partial charge is 0.389 e. The fraction of sp³-hybridized carbons (Fsp3) is 0.200. The third kappa shape index (κ3) is 5.22. The summed E-state index contributed by atoms with van der Waals surface area (Å²) in [6.45, 7) is 0. The molecule has 3 N–H and O–H groups in total. The lowest BCUT2D eigenvalue weighted by molar-refractivity contribution is -0.134. The number of hydrogen-bond donors (Lipinski definition) is 2. The van der Waals surface area contributed by atoms with Crippen molar-refractivity contribution >= 4 is 22.9 Å². The minimum Gasteiger partial charge on any atom is -0.480 e. The molecule has 0 aliphatic carbocycles. The van der Waals surface area contributed by atoms with E-state index in [4.69, 9.17) is 14.9 Å². The molecule has 192 valence electrons. The summed E-state index contributed by atoms with van der Waals surface area (Å²) >= 11 is 0. The van der Waals surface area contributed by atoms with Gasteiger partial charge < -0.3 is 20.2 Å². The average molecular weight is 516 g/mol. The van der Waals surface area contributed by atoms with Gasteiger partial charge in [-0.3, -0.25) is 9.59 Å². The Morgan fingerprint density at radius 2 is 1.84 bits per heavy atom. The number of aromatic nitrogens is 2. The Bertz CT molecular complexity index is 1500. The number of pyridine rings is 2. The normalized spacial score (nSPS) is 11.5. The number of fused-ring (bicyclic) bond motifs is 1. The molecule has 3 aromatic heterocycles. The van der Waals surface area contributed by atoms with Gasteiger partial charge in [-0.05, 0) is 42.8 Å². The number of halogens is 4. The molecule has 0 saturated heterocycles. The maximum atomic E-state index is 13.5. The fourth-order valence-electron chi connectivity index (χ4n) is 3.85. The first-order valence-electron chi connectivity index (χ1n) is 10.9. The number of aryl methyl sites for hydroxylation is 1. The molecule has 2 amide bonds. The van der Waals surface area contributed by atoms with E-state index in [1.807, 2.05) is 0 Å². The van der Waals surface area contributed by atoms with Crippen LogP contribution >= 0.6 is 0 Å². The fourth-order valence-corrected chi connectivity index (χ4v) is 3.85. The summed E-state index contributed by atoms with van der Waals surface area (Å²) in [5, 5.41) is 2.69. The monoisotopic (exact) mass is 516 g/mol. The van der Waals surface area contributed by atoms with Crippen LogP contribution in [0.5, 0.6) is 5.88 Å². The lowest BCUT2D eigenvalue weighted by Crippen LogP contribution is -2.18. The van der Waals surface area contributed by atoms with Crippen molar-refractivity contribution < 1.29 is 36.3 Å². The van der Waals surface area contributed by atoms with Gasteiger partial charge in [-0.2, -0.15) is 13.2 Å². The Morgan fingerprint density at radius 3 is 2.43 bits per heavy atom. The molecule has 0 aliphatic rings. The van der Waals surface area contributed by atoms with Gasteiger partial charge in [-0.1, -0.05) is 0 Å². The van der Waals surface area contributed by atoms with Crippen LogP contribution in [0.4, 0.5) is 17.6 Å². The Balaban J connectivity index is 2.00. The van der Waals surface area contributed by atoms with E-state index in [0.717, 1.165) is 0 Å². The molecule has 0 spiro atoms. The molecule has 0 fully saturated rings. The van der Waals surface area contributed by atoms with E-state index in [0.29, 0.717) is 5.56 Å². The highest BCUT2D eigenvalue weighted by atomic mass is 19.4. The predicted molar refractivity (Wildman–Crippen MR) is 125 cm³/mol. The third-order valence-electron chi connectivity index (χ3n) is 5.59. The van der Waals surface area contributed by atoms with Crippen molar-refractivity contribution in [1.29, 1.82) is 0 Å². The summed E-state index contributed by atoms with van der Waals surface area (Å²) in [5.41, 5.74) is 6.07. The van der Waals surface area contributed by atoms with Gasteiger partial charge in [0, 0.05) is 36.4 Å². The van der Waals surface area contributed by atoms with Gasteiger partial charge in [0.05, 0.1) is 23.8 Å². The molecule has 12 heteroatoms. The third-order valence-corrected chi connectivity index (χ3v) is 5.59. The number of benzene rings is 1. The number of carbonyl (C=O) groups is 2. The first kappa shape index (κ1) is 25.6. The Kier molecular flexibility index (Phi) is 6.84. The topological polar surface area (TPSA) is 120 Å². The van der Waals surface area contributed by atoms with Crippen LogP contribution in [0.25, 0.3) is 33.6 Å². The van der Waals surface area contributed by atoms with E-state index in [-0.39, 0.29) is 50.7 Å². The van der Waals surface area contributed by atoms with Gasteiger partial charge >= 0.3 is 6.18 Å². The zero-order valence-corrected chi connectivity index (χ0v) is 19.6. The van der Waals surface area contributed by atoms with Crippen molar-refractivity contribution in [2.75, 3.05) is 14.2 Å². The summed E-state index contributed by atoms with van der Waals surface area (Å²) in [4.78, 5) is 33.1. The Labute approximate surface area is 207 Å². The van der Waals surface area contributed by atoms with E-state index in [1.54, 1.807) is 0 Å². The second-order valence-corrected chi connectivity index (χ2v) is 7.99. The molecule has 0 radical (unpaired) electrons. The van der Waals surface area contributed by atoms with Crippen molar-refractivity contribution in [3.05, 3.63) is 65.2 Å². The van der Waals surface area contributed by atoms with Crippen molar-refractivity contribution in [2.24, 2.45) is 5.73 Å². The molecule has 0 aliphatic heterocycles. The second-order valence-electron chi connectivity index (χ2n) is 7.99. The van der Waals surface area contributed by atoms with Crippen LogP contribution in [0, 0.1) is 5.82 Å². The molecule has 8 nitrogen and oxygen atoms in total. The molecule has 0 unspecified atom stereocenters. The number of rotatable bonds is 7. The molecule has 1 aromatic carbocycles. The van der Waals surface area contributed by atoms with Gasteiger partial charge in [-0.25, -0.2) is 14.4 Å². The molecule has 4 rings (SSSR count). The van der Waals surface area contributed by atoms with Gasteiger partial charge in [0.2, 0.25) is 11.6 Å². The van der Waals surface area contributed by atoms with Gasteiger partial charge in [-0.15, -0.1) is 0 Å². The highest BCUT2D eigenvalue weighted by Gasteiger charge is 2.29. The van der Waals surface area contributed by atoms with Crippen LogP contribution in [-0.2, 0) is 6.42 Å². The van der Waals surface area contributed by atoms with E-state index in [2.05, 4.69) is 15.3 Å². The first-order valence-corrected chi connectivity index (χ1v) is 10.9. The van der Waals surface area contributed by atoms with Crippen LogP contribution < -0.4 is 15.8 Å². The minimum absolute atomic E-state index is 0.00456. The zero-order valence-electron chi connectivity index (χ0n) is 19.6. The predicted octanol–water partition coefficient (Wildman–Crippen LogP) is 4.66. The molecular weight excluding hydrogens is 496 g/mol. The lowest BCUT2D eigenvalue weighted by Gasteiger charge is -2.12. The van der Waals surface area contributed by atoms with Crippen LogP contribution in [0.15, 0.2) is 47.0 Å². The number of methoxy groups -OCH3 is 1. The molecule has 3 heterocycles. The maximum Gasteiger partial charge on any atom is 0.389 e. The number of nitrogens with two attached hydrogens (primary N) is 1. The first-order chi connectivity index (χ1) is 17.5. The Morgan fingerprint density at radius 1 is 1.14 bits per heavy atom.